The van der Waals surface area contributed by atoms with Gasteiger partial charge in [-0.3, -0.25) is 0 Å². The molecule has 0 unspecified atom stereocenters. The van der Waals surface area contributed by atoms with Gasteiger partial charge in [0, 0.05) is 6.20 Å². The van der Waals surface area contributed by atoms with Crippen LogP contribution in [0.4, 0.5) is 5.13 Å². The highest BCUT2D eigenvalue weighted by Gasteiger charge is 2.07. The molecule has 0 saturated carbocycles. The summed E-state index contributed by atoms with van der Waals surface area (Å²) in [6.45, 7) is 0.693. The standard InChI is InChI=1S/C14H10ClN5S/c15-9-4-11-13(17-5-9)20(7-18-11)6-8-1-2-10-12(3-8)21-14(16)19-10/h1-5,7H,6H2,(H2,16,19). The minimum Gasteiger partial charge on any atom is -0.375 e. The number of nitrogens with zero attached hydrogens (tertiary/aromatic N) is 4. The Morgan fingerprint density at radius 2 is 2.10 bits per heavy atom. The number of nitrogens with two attached hydrogens (primary N) is 1. The predicted molar refractivity (Wildman–Crippen MR) is 85.7 cm³/mol. The number of thiazole rings is 1. The summed E-state index contributed by atoms with van der Waals surface area (Å²) < 4.78 is 3.09. The van der Waals surface area contributed by atoms with E-state index in [0.717, 1.165) is 26.9 Å². The summed E-state index contributed by atoms with van der Waals surface area (Å²) in [5.41, 5.74) is 9.44. The lowest BCUT2D eigenvalue weighted by molar-refractivity contribution is 0.815. The van der Waals surface area contributed by atoms with Crippen molar-refractivity contribution in [1.29, 1.82) is 0 Å². The lowest BCUT2D eigenvalue weighted by atomic mass is 10.2. The number of fused-ring (bicyclic) bond motifs is 2. The first-order chi connectivity index (χ1) is 10.2. The highest BCUT2D eigenvalue weighted by molar-refractivity contribution is 7.22. The van der Waals surface area contributed by atoms with Gasteiger partial charge in [-0.1, -0.05) is 29.0 Å². The molecule has 0 bridgehead atoms. The zero-order valence-corrected chi connectivity index (χ0v) is 12.4. The van der Waals surface area contributed by atoms with Gasteiger partial charge >= 0.3 is 0 Å². The van der Waals surface area contributed by atoms with Crippen molar-refractivity contribution in [2.45, 2.75) is 6.54 Å². The number of imidazole rings is 1. The molecule has 4 aromatic rings. The van der Waals surface area contributed by atoms with Crippen LogP contribution >= 0.6 is 22.9 Å². The fraction of sp³-hybridized carbons (Fsp3) is 0.0714. The van der Waals surface area contributed by atoms with Crippen LogP contribution in [0.2, 0.25) is 5.02 Å². The zero-order valence-electron chi connectivity index (χ0n) is 10.8. The normalized spacial score (nSPS) is 11.5. The minimum absolute atomic E-state index is 0.589. The van der Waals surface area contributed by atoms with Gasteiger partial charge in [-0.15, -0.1) is 0 Å². The van der Waals surface area contributed by atoms with Gasteiger partial charge in [-0.2, -0.15) is 0 Å². The number of benzene rings is 1. The number of hydrogen-bond donors (Lipinski definition) is 1. The number of hydrogen-bond acceptors (Lipinski definition) is 5. The van der Waals surface area contributed by atoms with Crippen molar-refractivity contribution in [3.8, 4) is 0 Å². The maximum atomic E-state index is 5.93. The molecule has 3 aromatic heterocycles. The Kier molecular flexibility index (Phi) is 2.80. The van der Waals surface area contributed by atoms with E-state index in [1.165, 1.54) is 11.3 Å². The topological polar surface area (TPSA) is 69.6 Å². The first-order valence-electron chi connectivity index (χ1n) is 6.30. The molecule has 0 aliphatic rings. The molecule has 0 fully saturated rings. The molecular weight excluding hydrogens is 306 g/mol. The van der Waals surface area contributed by atoms with Crippen LogP contribution in [-0.4, -0.2) is 19.5 Å². The summed E-state index contributed by atoms with van der Waals surface area (Å²) in [7, 11) is 0. The van der Waals surface area contributed by atoms with E-state index in [4.69, 9.17) is 17.3 Å². The van der Waals surface area contributed by atoms with Gasteiger partial charge < -0.3 is 10.3 Å². The average molecular weight is 316 g/mol. The molecule has 4 rings (SSSR count). The smallest absolute Gasteiger partial charge is 0.181 e. The summed E-state index contributed by atoms with van der Waals surface area (Å²) in [6.07, 6.45) is 3.41. The summed E-state index contributed by atoms with van der Waals surface area (Å²) in [4.78, 5) is 12.9. The van der Waals surface area contributed by atoms with Crippen molar-refractivity contribution in [3.05, 3.63) is 47.4 Å². The highest BCUT2D eigenvalue weighted by atomic mass is 35.5. The van der Waals surface area contributed by atoms with E-state index in [1.54, 1.807) is 12.5 Å². The second-order valence-corrected chi connectivity index (χ2v) is 6.22. The van der Waals surface area contributed by atoms with Gasteiger partial charge in [0.15, 0.2) is 10.8 Å². The van der Waals surface area contributed by atoms with Crippen LogP contribution < -0.4 is 5.73 Å². The third-order valence-corrected chi connectivity index (χ3v) is 4.30. The van der Waals surface area contributed by atoms with E-state index < -0.39 is 0 Å². The van der Waals surface area contributed by atoms with Crippen molar-refractivity contribution in [3.63, 3.8) is 0 Å². The molecule has 5 nitrogen and oxygen atoms in total. The van der Waals surface area contributed by atoms with E-state index in [9.17, 15) is 0 Å². The van der Waals surface area contributed by atoms with Gasteiger partial charge in [0.05, 0.1) is 28.1 Å². The molecule has 0 radical (unpaired) electrons. The predicted octanol–water partition coefficient (Wildman–Crippen LogP) is 3.32. The van der Waals surface area contributed by atoms with Crippen LogP contribution in [0.5, 0.6) is 0 Å². The molecule has 0 atom stereocenters. The Hall–Kier alpha value is -2.18. The van der Waals surface area contributed by atoms with Crippen LogP contribution in [0.1, 0.15) is 5.56 Å². The van der Waals surface area contributed by atoms with Gasteiger partial charge in [0.1, 0.15) is 5.52 Å². The third kappa shape index (κ3) is 2.22. The van der Waals surface area contributed by atoms with Crippen LogP contribution in [0.25, 0.3) is 21.4 Å². The maximum Gasteiger partial charge on any atom is 0.181 e. The first kappa shape index (κ1) is 12.6. The largest absolute Gasteiger partial charge is 0.375 e. The molecule has 0 saturated heterocycles. The van der Waals surface area contributed by atoms with E-state index in [-0.39, 0.29) is 0 Å². The van der Waals surface area contributed by atoms with E-state index in [0.29, 0.717) is 16.7 Å². The van der Waals surface area contributed by atoms with Gasteiger partial charge in [-0.25, -0.2) is 15.0 Å². The van der Waals surface area contributed by atoms with Crippen molar-refractivity contribution < 1.29 is 0 Å². The van der Waals surface area contributed by atoms with Crippen LogP contribution in [0, 0.1) is 0 Å². The van der Waals surface area contributed by atoms with E-state index in [1.807, 2.05) is 22.8 Å². The number of halogens is 1. The Labute approximate surface area is 129 Å². The maximum absolute atomic E-state index is 5.93. The molecule has 0 spiro atoms. The number of rotatable bonds is 2. The van der Waals surface area contributed by atoms with Crippen molar-refractivity contribution in [2.75, 3.05) is 5.73 Å². The number of aromatic nitrogens is 4. The second-order valence-electron chi connectivity index (χ2n) is 4.72. The monoisotopic (exact) mass is 315 g/mol. The SMILES string of the molecule is Nc1nc2ccc(Cn3cnc4cc(Cl)cnc43)cc2s1. The van der Waals surface area contributed by atoms with E-state index in [2.05, 4.69) is 21.0 Å². The molecule has 3 heterocycles. The number of anilines is 1. The van der Waals surface area contributed by atoms with Gasteiger partial charge in [0.25, 0.3) is 0 Å². The van der Waals surface area contributed by atoms with Gasteiger partial charge in [0.2, 0.25) is 0 Å². The van der Waals surface area contributed by atoms with Crippen molar-refractivity contribution >= 4 is 49.4 Å². The van der Waals surface area contributed by atoms with Crippen molar-refractivity contribution in [1.82, 2.24) is 19.5 Å². The van der Waals surface area contributed by atoms with Crippen LogP contribution in [0.15, 0.2) is 36.8 Å². The number of pyridine rings is 1. The molecule has 104 valence electrons. The molecule has 21 heavy (non-hydrogen) atoms. The first-order valence-corrected chi connectivity index (χ1v) is 7.50. The zero-order chi connectivity index (χ0) is 14.4. The Balaban J connectivity index is 1.75. The molecule has 0 aliphatic heterocycles. The van der Waals surface area contributed by atoms with Gasteiger partial charge in [-0.05, 0) is 23.8 Å². The molecule has 0 aliphatic carbocycles. The minimum atomic E-state index is 0.589. The average Bonchev–Trinajstić information content (AvgIpc) is 3.01. The third-order valence-electron chi connectivity index (χ3n) is 3.24. The van der Waals surface area contributed by atoms with E-state index >= 15 is 0 Å². The number of nitrogen functional groups attached to an aromatic ring is 1. The Morgan fingerprint density at radius 3 is 3.00 bits per heavy atom. The summed E-state index contributed by atoms with van der Waals surface area (Å²) >= 11 is 7.42. The summed E-state index contributed by atoms with van der Waals surface area (Å²) in [5, 5.41) is 1.18. The second kappa shape index (κ2) is 4.68. The lowest BCUT2D eigenvalue weighted by Crippen LogP contribution is -1.98. The molecule has 2 N–H and O–H groups in total. The molecular formula is C14H10ClN5S. The molecule has 7 heteroatoms. The molecule has 0 amide bonds. The Morgan fingerprint density at radius 1 is 1.19 bits per heavy atom. The van der Waals surface area contributed by atoms with Crippen LogP contribution in [0.3, 0.4) is 0 Å². The fourth-order valence-corrected chi connectivity index (χ4v) is 3.27. The Bertz CT molecular complexity index is 958. The van der Waals surface area contributed by atoms with Crippen molar-refractivity contribution in [2.24, 2.45) is 0 Å². The highest BCUT2D eigenvalue weighted by Crippen LogP contribution is 2.25. The summed E-state index contributed by atoms with van der Waals surface area (Å²) in [5.74, 6) is 0. The molecule has 1 aromatic carbocycles. The lowest BCUT2D eigenvalue weighted by Gasteiger charge is -2.04. The fourth-order valence-electron chi connectivity index (χ4n) is 2.32. The summed E-state index contributed by atoms with van der Waals surface area (Å²) in [6, 6.07) is 7.95. The van der Waals surface area contributed by atoms with Crippen LogP contribution in [-0.2, 0) is 6.54 Å². The quantitative estimate of drug-likeness (QED) is 0.616.